The van der Waals surface area contributed by atoms with Crippen LogP contribution in [0.1, 0.15) is 26.3 Å². The van der Waals surface area contributed by atoms with Crippen LogP contribution in [0.15, 0.2) is 40.9 Å². The molecule has 0 bridgehead atoms. The molecule has 2 aromatic rings. The Hall–Kier alpha value is -2.54. The average Bonchev–Trinajstić information content (AvgIpc) is 2.48. The van der Waals surface area contributed by atoms with Crippen LogP contribution in [0.2, 0.25) is 0 Å². The number of rotatable bonds is 2. The van der Waals surface area contributed by atoms with Crippen molar-refractivity contribution in [2.45, 2.75) is 6.92 Å². The highest BCUT2D eigenvalue weighted by atomic mass is 79.9. The van der Waals surface area contributed by atoms with Crippen LogP contribution in [0, 0.1) is 6.92 Å². The number of benzene rings is 2. The highest BCUT2D eigenvalue weighted by molar-refractivity contribution is 9.10. The van der Waals surface area contributed by atoms with Gasteiger partial charge in [0, 0.05) is 0 Å². The van der Waals surface area contributed by atoms with Crippen molar-refractivity contribution < 1.29 is 19.8 Å². The van der Waals surface area contributed by atoms with Gasteiger partial charge in [0.25, 0.3) is 11.8 Å². The molecule has 0 aliphatic rings. The van der Waals surface area contributed by atoms with E-state index in [2.05, 4.69) is 26.8 Å². The van der Waals surface area contributed by atoms with Gasteiger partial charge < -0.3 is 10.2 Å². The molecule has 0 saturated carbocycles. The van der Waals surface area contributed by atoms with Gasteiger partial charge in [-0.3, -0.25) is 20.4 Å². The van der Waals surface area contributed by atoms with Crippen molar-refractivity contribution in [2.24, 2.45) is 0 Å². The molecule has 2 amide bonds. The van der Waals surface area contributed by atoms with Crippen molar-refractivity contribution in [3.63, 3.8) is 0 Å². The largest absolute Gasteiger partial charge is 0.507 e. The average molecular weight is 365 g/mol. The quantitative estimate of drug-likeness (QED) is 0.614. The second-order valence-corrected chi connectivity index (χ2v) is 5.42. The monoisotopic (exact) mass is 364 g/mol. The molecule has 0 aromatic heterocycles. The Kier molecular flexibility index (Phi) is 4.67. The number of hydrogen-bond acceptors (Lipinski definition) is 4. The van der Waals surface area contributed by atoms with Gasteiger partial charge in [-0.15, -0.1) is 0 Å². The summed E-state index contributed by atoms with van der Waals surface area (Å²) in [5.74, 6) is -1.77. The number of phenolic OH excluding ortho intramolecular Hbond substituents is 2. The summed E-state index contributed by atoms with van der Waals surface area (Å²) in [6.07, 6.45) is 0. The van der Waals surface area contributed by atoms with Gasteiger partial charge in [0.1, 0.15) is 11.5 Å². The zero-order valence-corrected chi connectivity index (χ0v) is 13.1. The SMILES string of the molecule is Cc1cc(Br)c(O)c(C(=O)NNC(=O)c2ccccc2O)c1. The lowest BCUT2D eigenvalue weighted by molar-refractivity contribution is 0.0843. The van der Waals surface area contributed by atoms with Gasteiger partial charge >= 0.3 is 0 Å². The lowest BCUT2D eigenvalue weighted by Crippen LogP contribution is -2.41. The van der Waals surface area contributed by atoms with Crippen LogP contribution in [0.4, 0.5) is 0 Å². The molecule has 0 aliphatic heterocycles. The number of hydrazine groups is 1. The number of carbonyl (C=O) groups is 2. The van der Waals surface area contributed by atoms with E-state index in [1.54, 1.807) is 25.1 Å². The highest BCUT2D eigenvalue weighted by Crippen LogP contribution is 2.29. The second kappa shape index (κ2) is 6.48. The third kappa shape index (κ3) is 3.37. The molecule has 0 saturated heterocycles. The predicted octanol–water partition coefficient (Wildman–Crippen LogP) is 2.24. The topological polar surface area (TPSA) is 98.7 Å². The number of aryl methyl sites for hydroxylation is 1. The number of nitrogens with one attached hydrogen (secondary N) is 2. The van der Waals surface area contributed by atoms with Gasteiger partial charge in [-0.05, 0) is 52.7 Å². The molecule has 7 heteroatoms. The minimum Gasteiger partial charge on any atom is -0.507 e. The summed E-state index contributed by atoms with van der Waals surface area (Å²) < 4.78 is 0.379. The fourth-order valence-corrected chi connectivity index (χ4v) is 2.40. The first-order valence-electron chi connectivity index (χ1n) is 6.28. The van der Waals surface area contributed by atoms with E-state index >= 15 is 0 Å². The minimum atomic E-state index is -0.675. The molecule has 2 rings (SSSR count). The third-order valence-corrected chi connectivity index (χ3v) is 3.50. The van der Waals surface area contributed by atoms with Gasteiger partial charge in [0.2, 0.25) is 0 Å². The summed E-state index contributed by atoms with van der Waals surface area (Å²) in [6, 6.07) is 9.08. The highest BCUT2D eigenvalue weighted by Gasteiger charge is 2.16. The lowest BCUT2D eigenvalue weighted by Gasteiger charge is -2.10. The Morgan fingerprint density at radius 3 is 2.23 bits per heavy atom. The Bertz CT molecular complexity index is 746. The van der Waals surface area contributed by atoms with Crippen molar-refractivity contribution in [2.75, 3.05) is 0 Å². The molecule has 6 nitrogen and oxygen atoms in total. The van der Waals surface area contributed by atoms with Gasteiger partial charge in [0.05, 0.1) is 15.6 Å². The first kappa shape index (κ1) is 15.8. The smallest absolute Gasteiger partial charge is 0.273 e. The van der Waals surface area contributed by atoms with E-state index in [4.69, 9.17) is 0 Å². The third-order valence-electron chi connectivity index (χ3n) is 2.89. The molecule has 0 atom stereocenters. The number of aromatic hydroxyl groups is 2. The minimum absolute atomic E-state index is 0.0180. The number of para-hydroxylation sites is 1. The van der Waals surface area contributed by atoms with E-state index in [1.165, 1.54) is 18.2 Å². The second-order valence-electron chi connectivity index (χ2n) is 4.57. The van der Waals surface area contributed by atoms with Crippen molar-refractivity contribution in [1.82, 2.24) is 10.9 Å². The molecular weight excluding hydrogens is 352 g/mol. The molecule has 0 aliphatic carbocycles. The molecule has 22 heavy (non-hydrogen) atoms. The van der Waals surface area contributed by atoms with E-state index in [0.29, 0.717) is 4.47 Å². The van der Waals surface area contributed by atoms with E-state index in [-0.39, 0.29) is 22.6 Å². The molecule has 0 heterocycles. The number of carbonyl (C=O) groups excluding carboxylic acids is 2. The van der Waals surface area contributed by atoms with Crippen molar-refractivity contribution in [3.8, 4) is 11.5 Å². The molecule has 0 spiro atoms. The number of amides is 2. The zero-order valence-electron chi connectivity index (χ0n) is 11.6. The van der Waals surface area contributed by atoms with E-state index in [9.17, 15) is 19.8 Å². The summed E-state index contributed by atoms with van der Waals surface area (Å²) in [7, 11) is 0. The number of phenols is 2. The van der Waals surface area contributed by atoms with Gasteiger partial charge in [-0.2, -0.15) is 0 Å². The van der Waals surface area contributed by atoms with Crippen molar-refractivity contribution in [3.05, 3.63) is 57.6 Å². The molecule has 114 valence electrons. The maximum absolute atomic E-state index is 12.0. The van der Waals surface area contributed by atoms with Gasteiger partial charge in [-0.1, -0.05) is 12.1 Å². The molecule has 0 fully saturated rings. The predicted molar refractivity (Wildman–Crippen MR) is 83.6 cm³/mol. The van der Waals surface area contributed by atoms with Crippen LogP contribution < -0.4 is 10.9 Å². The van der Waals surface area contributed by atoms with Crippen LogP contribution in [0.3, 0.4) is 0 Å². The van der Waals surface area contributed by atoms with Crippen LogP contribution in [-0.4, -0.2) is 22.0 Å². The number of hydrogen-bond donors (Lipinski definition) is 4. The van der Waals surface area contributed by atoms with Crippen molar-refractivity contribution >= 4 is 27.7 Å². The summed E-state index contributed by atoms with van der Waals surface area (Å²) in [5, 5.41) is 19.4. The van der Waals surface area contributed by atoms with E-state index < -0.39 is 11.8 Å². The van der Waals surface area contributed by atoms with Gasteiger partial charge in [0.15, 0.2) is 0 Å². The lowest BCUT2D eigenvalue weighted by atomic mass is 10.1. The Morgan fingerprint density at radius 2 is 1.59 bits per heavy atom. The molecule has 0 unspecified atom stereocenters. The summed E-state index contributed by atoms with van der Waals surface area (Å²) in [4.78, 5) is 23.9. The maximum Gasteiger partial charge on any atom is 0.273 e. The van der Waals surface area contributed by atoms with Crippen LogP contribution >= 0.6 is 15.9 Å². The van der Waals surface area contributed by atoms with E-state index in [1.807, 2.05) is 0 Å². The Labute approximate surface area is 134 Å². The standard InChI is InChI=1S/C15H13BrN2O4/c1-8-6-10(13(20)11(16)7-8)15(22)18-17-14(21)9-4-2-3-5-12(9)19/h2-7,19-20H,1H3,(H,17,21)(H,18,22). The fourth-order valence-electron chi connectivity index (χ4n) is 1.82. The molecule has 0 radical (unpaired) electrons. The maximum atomic E-state index is 12.0. The number of halogens is 1. The van der Waals surface area contributed by atoms with Crippen molar-refractivity contribution in [1.29, 1.82) is 0 Å². The van der Waals surface area contributed by atoms with E-state index in [0.717, 1.165) is 5.56 Å². The summed E-state index contributed by atoms with van der Waals surface area (Å²) in [5.41, 5.74) is 5.18. The Morgan fingerprint density at radius 1 is 1.00 bits per heavy atom. The van der Waals surface area contributed by atoms with Crippen LogP contribution in [-0.2, 0) is 0 Å². The zero-order chi connectivity index (χ0) is 16.3. The first-order valence-corrected chi connectivity index (χ1v) is 7.07. The summed E-state index contributed by atoms with van der Waals surface area (Å²) >= 11 is 3.14. The van der Waals surface area contributed by atoms with Crippen LogP contribution in [0.25, 0.3) is 0 Å². The normalized spacial score (nSPS) is 10.1. The molecule has 4 N–H and O–H groups in total. The summed E-state index contributed by atoms with van der Waals surface area (Å²) in [6.45, 7) is 1.77. The van der Waals surface area contributed by atoms with Gasteiger partial charge in [-0.25, -0.2) is 0 Å². The van der Waals surface area contributed by atoms with Crippen LogP contribution in [0.5, 0.6) is 11.5 Å². The molecular formula is C15H13BrN2O4. The molecule has 2 aromatic carbocycles. The fraction of sp³-hybridized carbons (Fsp3) is 0.0667. The first-order chi connectivity index (χ1) is 10.4. The Balaban J connectivity index is 2.11.